The van der Waals surface area contributed by atoms with Gasteiger partial charge in [0.1, 0.15) is 51.3 Å². The molecule has 2 N–H and O–H groups in total. The fourth-order valence-corrected chi connectivity index (χ4v) is 14.3. The fourth-order valence-electron chi connectivity index (χ4n) is 2.82. The minimum absolute atomic E-state index is 0.164. The largest absolute Gasteiger partial charge is 0.488 e. The molecule has 2 fully saturated rings. The van der Waals surface area contributed by atoms with Crippen LogP contribution in [0.1, 0.15) is 13.8 Å². The zero-order valence-corrected chi connectivity index (χ0v) is 30.5. The number of ether oxygens (including phenoxy) is 4. The van der Waals surface area contributed by atoms with Crippen molar-refractivity contribution in [1.29, 1.82) is 0 Å². The molecule has 17 heteroatoms. The van der Waals surface area contributed by atoms with E-state index in [-0.39, 0.29) is 47.5 Å². The Balaban J connectivity index is 1.55. The molecule has 2 unspecified atom stereocenters. The first-order chi connectivity index (χ1) is 18.4. The number of aliphatic hydroxyl groups is 2. The van der Waals surface area contributed by atoms with Gasteiger partial charge in [-0.1, -0.05) is 0 Å². The van der Waals surface area contributed by atoms with Gasteiger partial charge < -0.3 is 29.2 Å². The number of hydrogen-bond donors (Lipinski definition) is 2. The van der Waals surface area contributed by atoms with Gasteiger partial charge in [0.15, 0.2) is 11.5 Å². The van der Waals surface area contributed by atoms with Crippen LogP contribution in [0.25, 0.3) is 0 Å². The highest BCUT2D eigenvalue weighted by molar-refractivity contribution is 9.11. The zero-order valence-electron chi connectivity index (χ0n) is 20.8. The summed E-state index contributed by atoms with van der Waals surface area (Å²) in [6.07, 6.45) is 0. The first-order valence-electron chi connectivity index (χ1n) is 11.2. The summed E-state index contributed by atoms with van der Waals surface area (Å²) < 4.78 is 23.5. The number of thioether (sulfide) groups is 6. The summed E-state index contributed by atoms with van der Waals surface area (Å²) >= 11 is 20.0. The summed E-state index contributed by atoms with van der Waals surface area (Å²) in [5.41, 5.74) is -2.88. The number of carbonyl (C=O) groups excluding carboxylic acids is 2. The lowest BCUT2D eigenvalue weighted by molar-refractivity contribution is -0.150. The summed E-state index contributed by atoms with van der Waals surface area (Å²) in [5.74, 6) is -0.0171. The third-order valence-corrected chi connectivity index (χ3v) is 15.1. The number of rotatable bonds is 12. The molecular weight excluding hydrogens is 824 g/mol. The van der Waals surface area contributed by atoms with Crippen LogP contribution < -0.4 is 9.47 Å². The standard InChI is InChI=1S/C22H27Br3O8S6/c1-21(28,6-32-17(26)19-36-8-34-9-37-19)4-30-15-12(23)3-13(24)16(14(15)25)31-5-22(2,29)7-33-18(27)20-38-10-35-11-39-20/h3,19-20,28-29H,4-11H2,1-2H3. The lowest BCUT2D eigenvalue weighted by atomic mass is 10.1. The van der Waals surface area contributed by atoms with Gasteiger partial charge in [0.05, 0.1) is 8.95 Å². The van der Waals surface area contributed by atoms with Crippen LogP contribution in [0.2, 0.25) is 0 Å². The molecule has 0 amide bonds. The normalized spacial score (nSPS) is 20.0. The molecule has 2 heterocycles. The summed E-state index contributed by atoms with van der Waals surface area (Å²) in [6.45, 7) is 2.29. The predicted molar refractivity (Wildman–Crippen MR) is 176 cm³/mol. The molecule has 2 aliphatic rings. The van der Waals surface area contributed by atoms with Gasteiger partial charge in [-0.15, -0.1) is 70.6 Å². The van der Waals surface area contributed by atoms with Crippen LogP contribution in [0.4, 0.5) is 0 Å². The van der Waals surface area contributed by atoms with E-state index in [1.165, 1.54) is 60.9 Å². The highest BCUT2D eigenvalue weighted by Gasteiger charge is 2.32. The van der Waals surface area contributed by atoms with Crippen LogP contribution in [0.15, 0.2) is 19.5 Å². The second-order valence-electron chi connectivity index (χ2n) is 8.81. The van der Waals surface area contributed by atoms with Crippen LogP contribution in [0.5, 0.6) is 11.5 Å². The Morgan fingerprint density at radius 3 is 1.49 bits per heavy atom. The van der Waals surface area contributed by atoms with E-state index in [9.17, 15) is 19.8 Å². The third-order valence-electron chi connectivity index (χ3n) is 4.79. The van der Waals surface area contributed by atoms with Crippen molar-refractivity contribution in [3.63, 3.8) is 0 Å². The Kier molecular flexibility index (Phi) is 14.5. The zero-order chi connectivity index (χ0) is 28.6. The molecule has 1 aromatic carbocycles. The van der Waals surface area contributed by atoms with Gasteiger partial charge in [0.25, 0.3) is 0 Å². The third kappa shape index (κ3) is 11.3. The number of benzene rings is 1. The van der Waals surface area contributed by atoms with Crippen molar-refractivity contribution < 1.29 is 38.7 Å². The average Bonchev–Trinajstić information content (AvgIpc) is 2.91. The molecule has 2 atom stereocenters. The lowest BCUT2D eigenvalue weighted by Crippen LogP contribution is -2.39. The first-order valence-corrected chi connectivity index (χ1v) is 20.1. The summed E-state index contributed by atoms with van der Waals surface area (Å²) in [7, 11) is 0. The molecular formula is C22H27Br3O8S6. The van der Waals surface area contributed by atoms with Crippen LogP contribution in [0, 0.1) is 0 Å². The topological polar surface area (TPSA) is 112 Å². The summed E-state index contributed by atoms with van der Waals surface area (Å²) in [4.78, 5) is 24.6. The predicted octanol–water partition coefficient (Wildman–Crippen LogP) is 6.23. The fraction of sp³-hybridized carbons (Fsp3) is 0.636. The first kappa shape index (κ1) is 34.7. The van der Waals surface area contributed by atoms with Crippen molar-refractivity contribution in [3.8, 4) is 11.5 Å². The van der Waals surface area contributed by atoms with Crippen molar-refractivity contribution in [2.75, 3.05) is 46.8 Å². The molecule has 2 aliphatic heterocycles. The molecule has 2 saturated heterocycles. The Labute approximate surface area is 278 Å². The molecule has 0 aliphatic carbocycles. The van der Waals surface area contributed by atoms with Gasteiger partial charge in [-0.2, -0.15) is 0 Å². The highest BCUT2D eigenvalue weighted by atomic mass is 79.9. The van der Waals surface area contributed by atoms with Crippen molar-refractivity contribution in [3.05, 3.63) is 19.5 Å². The Hall–Kier alpha value is 1.22. The second-order valence-corrected chi connectivity index (χ2v) is 19.7. The van der Waals surface area contributed by atoms with E-state index in [1.807, 2.05) is 0 Å². The number of hydrogen-bond acceptors (Lipinski definition) is 14. The Morgan fingerprint density at radius 2 is 1.13 bits per heavy atom. The quantitative estimate of drug-likeness (QED) is 0.232. The van der Waals surface area contributed by atoms with Gasteiger partial charge in [0.2, 0.25) is 0 Å². The molecule has 0 saturated carbocycles. The van der Waals surface area contributed by atoms with E-state index in [0.29, 0.717) is 24.9 Å². The smallest absolute Gasteiger partial charge is 0.329 e. The average molecular weight is 852 g/mol. The van der Waals surface area contributed by atoms with E-state index in [1.54, 1.807) is 29.6 Å². The molecule has 0 radical (unpaired) electrons. The minimum atomic E-state index is -1.44. The Morgan fingerprint density at radius 1 is 0.769 bits per heavy atom. The van der Waals surface area contributed by atoms with Crippen molar-refractivity contribution in [1.82, 2.24) is 0 Å². The van der Waals surface area contributed by atoms with Gasteiger partial charge in [-0.25, -0.2) is 9.59 Å². The molecule has 0 aromatic heterocycles. The maximum atomic E-state index is 12.3. The molecule has 220 valence electrons. The lowest BCUT2D eigenvalue weighted by Gasteiger charge is -2.27. The van der Waals surface area contributed by atoms with E-state index >= 15 is 0 Å². The summed E-state index contributed by atoms with van der Waals surface area (Å²) in [5, 5.41) is 24.9. The maximum absolute atomic E-state index is 12.3. The van der Waals surface area contributed by atoms with E-state index < -0.39 is 11.2 Å². The van der Waals surface area contributed by atoms with E-state index in [0.717, 1.165) is 20.3 Å². The van der Waals surface area contributed by atoms with Crippen LogP contribution >= 0.6 is 118 Å². The van der Waals surface area contributed by atoms with Gasteiger partial charge in [-0.05, 0) is 67.7 Å². The molecule has 3 rings (SSSR count). The van der Waals surface area contributed by atoms with Crippen LogP contribution in [0.3, 0.4) is 0 Å². The van der Waals surface area contributed by atoms with Crippen LogP contribution in [-0.2, 0) is 19.1 Å². The van der Waals surface area contributed by atoms with E-state index in [4.69, 9.17) is 18.9 Å². The highest BCUT2D eigenvalue weighted by Crippen LogP contribution is 2.46. The van der Waals surface area contributed by atoms with Gasteiger partial charge in [-0.3, -0.25) is 0 Å². The number of esters is 2. The van der Waals surface area contributed by atoms with Crippen molar-refractivity contribution in [2.45, 2.75) is 34.2 Å². The van der Waals surface area contributed by atoms with Crippen LogP contribution in [-0.4, -0.2) is 89.3 Å². The monoisotopic (exact) mass is 848 g/mol. The second kappa shape index (κ2) is 16.3. The van der Waals surface area contributed by atoms with Gasteiger partial charge >= 0.3 is 11.9 Å². The molecule has 1 aromatic rings. The minimum Gasteiger partial charge on any atom is -0.488 e. The number of carbonyl (C=O) groups is 2. The molecule has 39 heavy (non-hydrogen) atoms. The number of halogens is 3. The molecule has 0 spiro atoms. The molecule has 0 bridgehead atoms. The summed E-state index contributed by atoms with van der Waals surface area (Å²) in [6, 6.07) is 1.71. The Bertz CT molecular complexity index is 932. The van der Waals surface area contributed by atoms with Gasteiger partial charge in [0, 0.05) is 20.3 Å². The maximum Gasteiger partial charge on any atom is 0.329 e. The SMILES string of the molecule is CC(O)(COC(=O)C1SCSCS1)COc1c(Br)cc(Br)c(OCC(C)(O)COC(=O)C2SCSCS2)c1Br. The van der Waals surface area contributed by atoms with Crippen molar-refractivity contribution >= 4 is 130 Å². The molecule has 8 nitrogen and oxygen atoms in total. The van der Waals surface area contributed by atoms with Crippen molar-refractivity contribution in [2.24, 2.45) is 0 Å². The van der Waals surface area contributed by atoms with E-state index in [2.05, 4.69) is 47.8 Å².